The number of nitrogen functional groups attached to an aromatic ring is 1. The maximum absolute atomic E-state index is 11.1. The van der Waals surface area contributed by atoms with Gasteiger partial charge < -0.3 is 10.5 Å². The zero-order chi connectivity index (χ0) is 8.97. The number of hydrogen-bond acceptors (Lipinski definition) is 4. The lowest BCUT2D eigenvalue weighted by Crippen LogP contribution is -2.08. The van der Waals surface area contributed by atoms with E-state index in [1.54, 1.807) is 0 Å². The fraction of sp³-hybridized carbons (Fsp3) is 0.429. The molecule has 5 nitrogen and oxygen atoms in total. The molecule has 0 bridgehead atoms. The lowest BCUT2D eigenvalue weighted by atomic mass is 10.4. The van der Waals surface area contributed by atoms with Crippen molar-refractivity contribution < 1.29 is 9.53 Å². The molecule has 0 saturated heterocycles. The normalized spacial score (nSPS) is 9.75. The van der Waals surface area contributed by atoms with Crippen molar-refractivity contribution in [1.82, 2.24) is 10.2 Å². The molecular formula is C7H11N3O2. The van der Waals surface area contributed by atoms with E-state index in [2.05, 4.69) is 10.2 Å². The van der Waals surface area contributed by atoms with Gasteiger partial charge in [0.1, 0.15) is 0 Å². The van der Waals surface area contributed by atoms with Crippen LogP contribution in [0.1, 0.15) is 23.8 Å². The van der Waals surface area contributed by atoms with Crippen molar-refractivity contribution in [2.75, 3.05) is 12.3 Å². The van der Waals surface area contributed by atoms with Gasteiger partial charge in [-0.05, 0) is 6.42 Å². The SMILES string of the molecule is CCCOC(=O)c1[nH]ncc1N. The highest BCUT2D eigenvalue weighted by Gasteiger charge is 2.11. The van der Waals surface area contributed by atoms with Gasteiger partial charge in [0.25, 0.3) is 0 Å². The number of H-pyrrole nitrogens is 1. The van der Waals surface area contributed by atoms with E-state index >= 15 is 0 Å². The molecule has 0 radical (unpaired) electrons. The number of rotatable bonds is 3. The number of nitrogens with two attached hydrogens (primary N) is 1. The van der Waals surface area contributed by atoms with Crippen LogP contribution in [0.2, 0.25) is 0 Å². The minimum atomic E-state index is -0.452. The summed E-state index contributed by atoms with van der Waals surface area (Å²) in [4.78, 5) is 11.1. The van der Waals surface area contributed by atoms with E-state index in [-0.39, 0.29) is 5.69 Å². The molecule has 1 aromatic rings. The Hall–Kier alpha value is -1.52. The first-order valence-electron chi connectivity index (χ1n) is 3.71. The number of ether oxygens (including phenoxy) is 1. The van der Waals surface area contributed by atoms with E-state index in [1.807, 2.05) is 6.92 Å². The van der Waals surface area contributed by atoms with Crippen LogP contribution in [0.4, 0.5) is 5.69 Å². The molecule has 3 N–H and O–H groups in total. The van der Waals surface area contributed by atoms with Gasteiger partial charge in [0.2, 0.25) is 0 Å². The van der Waals surface area contributed by atoms with Crippen molar-refractivity contribution in [3.05, 3.63) is 11.9 Å². The number of aromatic nitrogens is 2. The fourth-order valence-corrected chi connectivity index (χ4v) is 0.726. The average Bonchev–Trinajstić information content (AvgIpc) is 2.47. The van der Waals surface area contributed by atoms with Gasteiger partial charge in [-0.15, -0.1) is 0 Å². The second-order valence-corrected chi connectivity index (χ2v) is 2.34. The highest BCUT2D eigenvalue weighted by molar-refractivity contribution is 5.92. The first kappa shape index (κ1) is 8.58. The summed E-state index contributed by atoms with van der Waals surface area (Å²) in [6.45, 7) is 2.32. The van der Waals surface area contributed by atoms with Gasteiger partial charge in [-0.2, -0.15) is 5.10 Å². The first-order chi connectivity index (χ1) is 5.75. The summed E-state index contributed by atoms with van der Waals surface area (Å²) in [7, 11) is 0. The van der Waals surface area contributed by atoms with Crippen LogP contribution < -0.4 is 5.73 Å². The van der Waals surface area contributed by atoms with E-state index in [4.69, 9.17) is 10.5 Å². The van der Waals surface area contributed by atoms with Crippen molar-refractivity contribution in [3.8, 4) is 0 Å². The Morgan fingerprint density at radius 3 is 3.08 bits per heavy atom. The minimum Gasteiger partial charge on any atom is -0.461 e. The van der Waals surface area contributed by atoms with Gasteiger partial charge in [0, 0.05) is 0 Å². The molecule has 0 aliphatic heterocycles. The second-order valence-electron chi connectivity index (χ2n) is 2.34. The van der Waals surface area contributed by atoms with Crippen LogP contribution in [0.5, 0.6) is 0 Å². The van der Waals surface area contributed by atoms with Crippen molar-refractivity contribution in [2.24, 2.45) is 0 Å². The van der Waals surface area contributed by atoms with E-state index in [0.717, 1.165) is 6.42 Å². The number of nitrogens with one attached hydrogen (secondary N) is 1. The third-order valence-corrected chi connectivity index (χ3v) is 1.31. The lowest BCUT2D eigenvalue weighted by molar-refractivity contribution is 0.0499. The second kappa shape index (κ2) is 3.75. The topological polar surface area (TPSA) is 81.0 Å². The molecule has 0 aromatic carbocycles. The van der Waals surface area contributed by atoms with Gasteiger partial charge in [-0.25, -0.2) is 4.79 Å². The van der Waals surface area contributed by atoms with Crippen LogP contribution in [0, 0.1) is 0 Å². The predicted molar refractivity (Wildman–Crippen MR) is 43.6 cm³/mol. The number of carbonyl (C=O) groups is 1. The number of esters is 1. The molecule has 0 aliphatic carbocycles. The highest BCUT2D eigenvalue weighted by Crippen LogP contribution is 2.07. The van der Waals surface area contributed by atoms with Crippen LogP contribution in [0.3, 0.4) is 0 Å². The maximum atomic E-state index is 11.1. The Labute approximate surface area is 69.9 Å². The van der Waals surface area contributed by atoms with Crippen molar-refractivity contribution in [3.63, 3.8) is 0 Å². The maximum Gasteiger partial charge on any atom is 0.358 e. The molecule has 1 heterocycles. The van der Waals surface area contributed by atoms with Crippen molar-refractivity contribution >= 4 is 11.7 Å². The van der Waals surface area contributed by atoms with Crippen LogP contribution >= 0.6 is 0 Å². The first-order valence-corrected chi connectivity index (χ1v) is 3.71. The van der Waals surface area contributed by atoms with Crippen molar-refractivity contribution in [1.29, 1.82) is 0 Å². The summed E-state index contributed by atoms with van der Waals surface area (Å²) in [5, 5.41) is 6.06. The van der Waals surface area contributed by atoms with Gasteiger partial charge in [0.05, 0.1) is 18.5 Å². The van der Waals surface area contributed by atoms with E-state index in [1.165, 1.54) is 6.20 Å². The van der Waals surface area contributed by atoms with Gasteiger partial charge in [-0.1, -0.05) is 6.92 Å². The molecule has 0 fully saturated rings. The zero-order valence-electron chi connectivity index (χ0n) is 6.83. The monoisotopic (exact) mass is 169 g/mol. The summed E-state index contributed by atoms with van der Waals surface area (Å²) < 4.78 is 4.83. The molecule has 0 aliphatic rings. The van der Waals surface area contributed by atoms with Crippen LogP contribution in [-0.4, -0.2) is 22.8 Å². The average molecular weight is 169 g/mol. The number of carbonyl (C=O) groups excluding carboxylic acids is 1. The molecule has 0 unspecified atom stereocenters. The Morgan fingerprint density at radius 2 is 2.58 bits per heavy atom. The highest BCUT2D eigenvalue weighted by atomic mass is 16.5. The quantitative estimate of drug-likeness (QED) is 0.648. The third-order valence-electron chi connectivity index (χ3n) is 1.31. The summed E-state index contributed by atoms with van der Waals surface area (Å²) >= 11 is 0. The molecule has 5 heteroatoms. The fourth-order valence-electron chi connectivity index (χ4n) is 0.726. The summed E-state index contributed by atoms with van der Waals surface area (Å²) in [6, 6.07) is 0. The molecule has 0 atom stereocenters. The Balaban J connectivity index is 2.59. The molecule has 0 saturated carbocycles. The van der Waals surface area contributed by atoms with Crippen molar-refractivity contribution in [2.45, 2.75) is 13.3 Å². The minimum absolute atomic E-state index is 0.225. The number of hydrogen-bond donors (Lipinski definition) is 2. The predicted octanol–water partition coefficient (Wildman–Crippen LogP) is 0.559. The molecule has 1 aromatic heterocycles. The summed E-state index contributed by atoms with van der Waals surface area (Å²) in [5.41, 5.74) is 5.96. The third kappa shape index (κ3) is 1.75. The van der Waals surface area contributed by atoms with Crippen LogP contribution in [0.25, 0.3) is 0 Å². The summed E-state index contributed by atoms with van der Waals surface area (Å²) in [6.07, 6.45) is 2.17. The van der Waals surface area contributed by atoms with Crippen LogP contribution in [0.15, 0.2) is 6.20 Å². The Kier molecular flexibility index (Phi) is 2.68. The standard InChI is InChI=1S/C7H11N3O2/c1-2-3-12-7(11)6-5(8)4-9-10-6/h4H,2-3,8H2,1H3,(H,9,10). The van der Waals surface area contributed by atoms with Gasteiger partial charge >= 0.3 is 5.97 Å². The number of anilines is 1. The Morgan fingerprint density at radius 1 is 1.83 bits per heavy atom. The van der Waals surface area contributed by atoms with E-state index in [0.29, 0.717) is 12.3 Å². The zero-order valence-corrected chi connectivity index (χ0v) is 6.83. The number of aromatic amines is 1. The lowest BCUT2D eigenvalue weighted by Gasteiger charge is -2.00. The smallest absolute Gasteiger partial charge is 0.358 e. The van der Waals surface area contributed by atoms with Gasteiger partial charge in [0.15, 0.2) is 5.69 Å². The van der Waals surface area contributed by atoms with E-state index in [9.17, 15) is 4.79 Å². The molecule has 0 spiro atoms. The Bertz CT molecular complexity index is 269. The molecular weight excluding hydrogens is 158 g/mol. The molecule has 1 rings (SSSR count). The molecule has 0 amide bonds. The number of nitrogens with zero attached hydrogens (tertiary/aromatic N) is 1. The molecule has 66 valence electrons. The van der Waals surface area contributed by atoms with Gasteiger partial charge in [-0.3, -0.25) is 5.10 Å². The van der Waals surface area contributed by atoms with Crippen LogP contribution in [-0.2, 0) is 4.74 Å². The summed E-state index contributed by atoms with van der Waals surface area (Å²) in [5.74, 6) is -0.452. The van der Waals surface area contributed by atoms with E-state index < -0.39 is 5.97 Å². The molecule has 12 heavy (non-hydrogen) atoms. The largest absolute Gasteiger partial charge is 0.461 e.